The summed E-state index contributed by atoms with van der Waals surface area (Å²) < 4.78 is 0. The molecule has 1 amide bonds. The van der Waals surface area contributed by atoms with Crippen molar-refractivity contribution in [2.24, 2.45) is 23.0 Å². The summed E-state index contributed by atoms with van der Waals surface area (Å²) in [6, 6.07) is 0.403. The third kappa shape index (κ3) is 3.31. The van der Waals surface area contributed by atoms with Gasteiger partial charge in [-0.25, -0.2) is 0 Å². The molecule has 0 atom stereocenters. The van der Waals surface area contributed by atoms with Gasteiger partial charge >= 0.3 is 0 Å². The molecule has 0 unspecified atom stereocenters. The highest BCUT2D eigenvalue weighted by Gasteiger charge is 2.47. The molecule has 3 N–H and O–H groups in total. The second-order valence-electron chi connectivity index (χ2n) is 6.98. The summed E-state index contributed by atoms with van der Waals surface area (Å²) in [6.07, 6.45) is 9.47. The molecule has 2 rings (SSSR count). The summed E-state index contributed by atoms with van der Waals surface area (Å²) in [4.78, 5) is 12.4. The minimum atomic E-state index is -0.236. The largest absolute Gasteiger partial charge is 0.353 e. The molecule has 0 aliphatic heterocycles. The summed E-state index contributed by atoms with van der Waals surface area (Å²) in [5.74, 6) is 1.78. The van der Waals surface area contributed by atoms with Crippen molar-refractivity contribution in [1.82, 2.24) is 5.32 Å². The van der Waals surface area contributed by atoms with Crippen LogP contribution < -0.4 is 11.1 Å². The van der Waals surface area contributed by atoms with Crippen LogP contribution >= 0.6 is 0 Å². The van der Waals surface area contributed by atoms with Gasteiger partial charge in [0, 0.05) is 12.6 Å². The van der Waals surface area contributed by atoms with Crippen LogP contribution in [0.15, 0.2) is 0 Å². The van der Waals surface area contributed by atoms with Crippen LogP contribution in [0.1, 0.15) is 65.2 Å². The Morgan fingerprint density at radius 3 is 2.37 bits per heavy atom. The van der Waals surface area contributed by atoms with Gasteiger partial charge < -0.3 is 11.1 Å². The van der Waals surface area contributed by atoms with Crippen LogP contribution in [-0.4, -0.2) is 18.5 Å². The second kappa shape index (κ2) is 6.25. The van der Waals surface area contributed by atoms with Gasteiger partial charge in [-0.2, -0.15) is 0 Å². The predicted octanol–water partition coefficient (Wildman–Crippen LogP) is 2.84. The van der Waals surface area contributed by atoms with E-state index in [0.29, 0.717) is 18.5 Å². The number of rotatable bonds is 5. The number of hydrogen-bond acceptors (Lipinski definition) is 2. The molecule has 0 aromatic heterocycles. The zero-order chi connectivity index (χ0) is 13.9. The molecule has 2 aliphatic rings. The average molecular weight is 266 g/mol. The molecular formula is C16H30N2O. The maximum absolute atomic E-state index is 12.4. The van der Waals surface area contributed by atoms with Gasteiger partial charge in [-0.05, 0) is 50.4 Å². The van der Waals surface area contributed by atoms with Gasteiger partial charge in [0.15, 0.2) is 0 Å². The number of carbonyl (C=O) groups excluding carboxylic acids is 1. The number of nitrogens with two attached hydrogens (primary N) is 1. The molecule has 3 nitrogen and oxygen atoms in total. The quantitative estimate of drug-likeness (QED) is 0.804. The van der Waals surface area contributed by atoms with Crippen molar-refractivity contribution < 1.29 is 4.79 Å². The summed E-state index contributed by atoms with van der Waals surface area (Å²) >= 11 is 0. The van der Waals surface area contributed by atoms with Crippen molar-refractivity contribution in [3.8, 4) is 0 Å². The summed E-state index contributed by atoms with van der Waals surface area (Å²) in [5.41, 5.74) is 5.60. The molecule has 2 aliphatic carbocycles. The molecular weight excluding hydrogens is 236 g/mol. The molecule has 0 aromatic carbocycles. The van der Waals surface area contributed by atoms with Gasteiger partial charge in [-0.1, -0.05) is 26.7 Å². The molecule has 110 valence electrons. The molecule has 0 radical (unpaired) electrons. The highest BCUT2D eigenvalue weighted by molar-refractivity contribution is 5.84. The zero-order valence-electron chi connectivity index (χ0n) is 12.6. The monoisotopic (exact) mass is 266 g/mol. The van der Waals surface area contributed by atoms with Gasteiger partial charge in [0.05, 0.1) is 5.41 Å². The minimum absolute atomic E-state index is 0.229. The van der Waals surface area contributed by atoms with Crippen LogP contribution in [0.3, 0.4) is 0 Å². The number of amides is 1. The Balaban J connectivity index is 1.77. The topological polar surface area (TPSA) is 55.1 Å². The number of nitrogens with one attached hydrogen (secondary N) is 1. The van der Waals surface area contributed by atoms with Crippen LogP contribution in [0.25, 0.3) is 0 Å². The molecule has 19 heavy (non-hydrogen) atoms. The van der Waals surface area contributed by atoms with Gasteiger partial charge in [-0.3, -0.25) is 4.79 Å². The fraction of sp³-hybridized carbons (Fsp3) is 0.938. The van der Waals surface area contributed by atoms with E-state index in [-0.39, 0.29) is 11.3 Å². The first-order valence-electron chi connectivity index (χ1n) is 8.10. The van der Waals surface area contributed by atoms with Crippen LogP contribution in [0.2, 0.25) is 0 Å². The van der Waals surface area contributed by atoms with Crippen LogP contribution in [0.5, 0.6) is 0 Å². The van der Waals surface area contributed by atoms with Crippen molar-refractivity contribution in [2.75, 3.05) is 6.54 Å². The smallest absolute Gasteiger partial charge is 0.227 e. The summed E-state index contributed by atoms with van der Waals surface area (Å²) in [7, 11) is 0. The molecule has 0 bridgehead atoms. The van der Waals surface area contributed by atoms with Crippen LogP contribution in [-0.2, 0) is 4.79 Å². The molecule has 0 heterocycles. The Morgan fingerprint density at radius 1 is 1.26 bits per heavy atom. The Bertz CT molecular complexity index is 302. The van der Waals surface area contributed by atoms with Crippen molar-refractivity contribution in [3.63, 3.8) is 0 Å². The van der Waals surface area contributed by atoms with Gasteiger partial charge in [0.2, 0.25) is 5.91 Å². The van der Waals surface area contributed by atoms with E-state index in [1.165, 1.54) is 25.7 Å². The van der Waals surface area contributed by atoms with Gasteiger partial charge in [-0.15, -0.1) is 0 Å². The van der Waals surface area contributed by atoms with E-state index in [9.17, 15) is 4.79 Å². The summed E-state index contributed by atoms with van der Waals surface area (Å²) in [5, 5.41) is 3.28. The van der Waals surface area contributed by atoms with E-state index in [0.717, 1.165) is 31.6 Å². The number of carbonyl (C=O) groups is 1. The highest BCUT2D eigenvalue weighted by atomic mass is 16.2. The lowest BCUT2D eigenvalue weighted by Gasteiger charge is -2.45. The maximum atomic E-state index is 12.4. The first-order valence-corrected chi connectivity index (χ1v) is 8.10. The lowest BCUT2D eigenvalue weighted by molar-refractivity contribution is -0.139. The SMILES string of the molecule is CCCC1CCC(NC(=O)C2(CN)CC(C)C2)CC1. The van der Waals surface area contributed by atoms with Gasteiger partial charge in [0.1, 0.15) is 0 Å². The normalized spacial score (nSPS) is 38.6. The maximum Gasteiger partial charge on any atom is 0.227 e. The molecule has 0 spiro atoms. The van der Waals surface area contributed by atoms with Gasteiger partial charge in [0.25, 0.3) is 0 Å². The minimum Gasteiger partial charge on any atom is -0.353 e. The van der Waals surface area contributed by atoms with Crippen molar-refractivity contribution in [3.05, 3.63) is 0 Å². The van der Waals surface area contributed by atoms with E-state index >= 15 is 0 Å². The summed E-state index contributed by atoms with van der Waals surface area (Å²) in [6.45, 7) is 4.97. The predicted molar refractivity (Wildman–Crippen MR) is 78.7 cm³/mol. The Hall–Kier alpha value is -0.570. The molecule has 0 aromatic rings. The first kappa shape index (κ1) is 14.8. The first-order chi connectivity index (χ1) is 9.09. The fourth-order valence-electron chi connectivity index (χ4n) is 4.06. The lowest BCUT2D eigenvalue weighted by Crippen LogP contribution is -2.55. The van der Waals surface area contributed by atoms with E-state index in [4.69, 9.17) is 5.73 Å². The van der Waals surface area contributed by atoms with E-state index < -0.39 is 0 Å². The Kier molecular flexibility index (Phi) is 4.88. The van der Waals surface area contributed by atoms with Crippen molar-refractivity contribution in [1.29, 1.82) is 0 Å². The fourth-order valence-corrected chi connectivity index (χ4v) is 4.06. The van der Waals surface area contributed by atoms with Crippen molar-refractivity contribution >= 4 is 5.91 Å². The number of hydrogen-bond donors (Lipinski definition) is 2. The average Bonchev–Trinajstić information content (AvgIpc) is 2.37. The van der Waals surface area contributed by atoms with E-state index in [2.05, 4.69) is 19.2 Å². The van der Waals surface area contributed by atoms with Crippen LogP contribution in [0, 0.1) is 17.3 Å². The molecule has 2 saturated carbocycles. The standard InChI is InChI=1S/C16H30N2O/c1-3-4-13-5-7-14(8-6-13)18-15(19)16(11-17)9-12(2)10-16/h12-14H,3-11,17H2,1-2H3,(H,18,19). The van der Waals surface area contributed by atoms with Crippen molar-refractivity contribution in [2.45, 2.75) is 71.3 Å². The molecule has 3 heteroatoms. The Labute approximate surface area is 117 Å². The third-order valence-electron chi connectivity index (χ3n) is 5.23. The lowest BCUT2D eigenvalue weighted by atomic mass is 9.62. The Morgan fingerprint density at radius 2 is 1.89 bits per heavy atom. The zero-order valence-corrected chi connectivity index (χ0v) is 12.6. The second-order valence-corrected chi connectivity index (χ2v) is 6.98. The van der Waals surface area contributed by atoms with Crippen LogP contribution in [0.4, 0.5) is 0 Å². The molecule has 2 fully saturated rings. The molecule has 0 saturated heterocycles. The van der Waals surface area contributed by atoms with E-state index in [1.54, 1.807) is 0 Å². The highest BCUT2D eigenvalue weighted by Crippen LogP contribution is 2.45. The third-order valence-corrected chi connectivity index (χ3v) is 5.23. The van der Waals surface area contributed by atoms with E-state index in [1.807, 2.05) is 0 Å².